The number of ether oxygens (including phenoxy) is 1. The zero-order chi connectivity index (χ0) is 14.5. The van der Waals surface area contributed by atoms with Gasteiger partial charge in [0.05, 0.1) is 0 Å². The van der Waals surface area contributed by atoms with Gasteiger partial charge >= 0.3 is 12.6 Å². The summed E-state index contributed by atoms with van der Waals surface area (Å²) in [6, 6.07) is 5.09. The maximum atomic E-state index is 12.1. The predicted molar refractivity (Wildman–Crippen MR) is 68.9 cm³/mol. The highest BCUT2D eigenvalue weighted by molar-refractivity contribution is 5.75. The first-order chi connectivity index (χ1) is 9.58. The molecule has 1 fully saturated rings. The molecule has 0 bridgehead atoms. The number of alkyl halides is 2. The SMILES string of the molecule is O=C(O)C(c1ccc(OC(F)F)cc1)N1CCCCC1. The fourth-order valence-corrected chi connectivity index (χ4v) is 2.52. The Bertz CT molecular complexity index is 444. The largest absolute Gasteiger partial charge is 0.480 e. The Morgan fingerprint density at radius 2 is 1.75 bits per heavy atom. The summed E-state index contributed by atoms with van der Waals surface area (Å²) in [6.45, 7) is -1.39. The lowest BCUT2D eigenvalue weighted by molar-refractivity contribution is -0.144. The van der Waals surface area contributed by atoms with Crippen LogP contribution in [0.4, 0.5) is 8.78 Å². The van der Waals surface area contributed by atoms with Crippen molar-refractivity contribution in [3.8, 4) is 5.75 Å². The number of hydrogen-bond donors (Lipinski definition) is 1. The number of nitrogens with zero attached hydrogens (tertiary/aromatic N) is 1. The Balaban J connectivity index is 2.14. The molecule has 20 heavy (non-hydrogen) atoms. The van der Waals surface area contributed by atoms with E-state index in [1.165, 1.54) is 24.3 Å². The molecule has 0 amide bonds. The molecule has 0 spiro atoms. The number of hydrogen-bond acceptors (Lipinski definition) is 3. The van der Waals surface area contributed by atoms with Gasteiger partial charge in [-0.2, -0.15) is 8.78 Å². The third-order valence-electron chi connectivity index (χ3n) is 3.41. The smallest absolute Gasteiger partial charge is 0.387 e. The standard InChI is InChI=1S/C14H17F2NO3/c15-14(16)20-11-6-4-10(5-7-11)12(13(18)19)17-8-2-1-3-9-17/h4-7,12,14H,1-3,8-9H2,(H,18,19). The van der Waals surface area contributed by atoms with E-state index in [4.69, 9.17) is 0 Å². The summed E-state index contributed by atoms with van der Waals surface area (Å²) in [5.74, 6) is -0.888. The number of carboxylic acid groups (broad SMARTS) is 1. The molecule has 1 aliphatic rings. The van der Waals surface area contributed by atoms with Gasteiger partial charge < -0.3 is 9.84 Å². The zero-order valence-corrected chi connectivity index (χ0v) is 11.0. The van der Waals surface area contributed by atoms with Gasteiger partial charge in [0.15, 0.2) is 0 Å². The molecule has 110 valence electrons. The van der Waals surface area contributed by atoms with Crippen LogP contribution in [0.15, 0.2) is 24.3 Å². The molecular weight excluding hydrogens is 268 g/mol. The molecule has 1 aromatic carbocycles. The molecule has 1 unspecified atom stereocenters. The topological polar surface area (TPSA) is 49.8 Å². The van der Waals surface area contributed by atoms with E-state index in [2.05, 4.69) is 4.74 Å². The molecule has 4 nitrogen and oxygen atoms in total. The zero-order valence-electron chi connectivity index (χ0n) is 11.0. The number of likely N-dealkylation sites (tertiary alicyclic amines) is 1. The molecule has 1 saturated heterocycles. The molecule has 0 aromatic heterocycles. The van der Waals surface area contributed by atoms with Crippen molar-refractivity contribution in [3.63, 3.8) is 0 Å². The van der Waals surface area contributed by atoms with E-state index in [-0.39, 0.29) is 5.75 Å². The minimum Gasteiger partial charge on any atom is -0.480 e. The van der Waals surface area contributed by atoms with Crippen molar-refractivity contribution in [2.75, 3.05) is 13.1 Å². The van der Waals surface area contributed by atoms with E-state index in [1.807, 2.05) is 4.90 Å². The van der Waals surface area contributed by atoms with Gasteiger partial charge in [0.2, 0.25) is 0 Å². The van der Waals surface area contributed by atoms with E-state index in [9.17, 15) is 18.7 Å². The van der Waals surface area contributed by atoms with Gasteiger partial charge in [0, 0.05) is 0 Å². The Hall–Kier alpha value is -1.69. The van der Waals surface area contributed by atoms with Crippen LogP contribution in [-0.4, -0.2) is 35.7 Å². The monoisotopic (exact) mass is 285 g/mol. The van der Waals surface area contributed by atoms with Crippen molar-refractivity contribution < 1.29 is 23.4 Å². The summed E-state index contributed by atoms with van der Waals surface area (Å²) in [5, 5.41) is 9.40. The van der Waals surface area contributed by atoms with Crippen molar-refractivity contribution in [3.05, 3.63) is 29.8 Å². The average molecular weight is 285 g/mol. The molecule has 0 saturated carbocycles. The third kappa shape index (κ3) is 3.66. The summed E-state index contributed by atoms with van der Waals surface area (Å²) in [5.41, 5.74) is 0.584. The molecule has 0 aliphatic carbocycles. The van der Waals surface area contributed by atoms with Crippen molar-refractivity contribution >= 4 is 5.97 Å². The quantitative estimate of drug-likeness (QED) is 0.903. The Morgan fingerprint density at radius 3 is 2.25 bits per heavy atom. The fourth-order valence-electron chi connectivity index (χ4n) is 2.52. The maximum absolute atomic E-state index is 12.1. The second-order valence-electron chi connectivity index (χ2n) is 4.78. The highest BCUT2D eigenvalue weighted by Crippen LogP contribution is 2.26. The van der Waals surface area contributed by atoms with Crippen LogP contribution in [0.1, 0.15) is 30.9 Å². The van der Waals surface area contributed by atoms with Crippen molar-refractivity contribution in [2.45, 2.75) is 31.9 Å². The maximum Gasteiger partial charge on any atom is 0.387 e. The molecule has 1 aromatic rings. The van der Waals surface area contributed by atoms with Crippen LogP contribution in [0.25, 0.3) is 0 Å². The van der Waals surface area contributed by atoms with Gasteiger partial charge in [-0.15, -0.1) is 0 Å². The van der Waals surface area contributed by atoms with E-state index in [0.29, 0.717) is 5.56 Å². The molecule has 1 N–H and O–H groups in total. The van der Waals surface area contributed by atoms with Gasteiger partial charge in [-0.1, -0.05) is 18.6 Å². The van der Waals surface area contributed by atoms with Gasteiger partial charge in [-0.25, -0.2) is 0 Å². The molecule has 0 radical (unpaired) electrons. The van der Waals surface area contributed by atoms with Crippen LogP contribution >= 0.6 is 0 Å². The Morgan fingerprint density at radius 1 is 1.15 bits per heavy atom. The Labute approximate surface area is 116 Å². The predicted octanol–water partition coefficient (Wildman–Crippen LogP) is 2.90. The lowest BCUT2D eigenvalue weighted by Crippen LogP contribution is -2.37. The van der Waals surface area contributed by atoms with Gasteiger partial charge in [0.25, 0.3) is 0 Å². The molecule has 1 heterocycles. The number of aliphatic carboxylic acids is 1. The number of halogens is 2. The van der Waals surface area contributed by atoms with Crippen LogP contribution in [0.3, 0.4) is 0 Å². The Kier molecular flexibility index (Phi) is 4.89. The first kappa shape index (κ1) is 14.7. The summed E-state index contributed by atoms with van der Waals surface area (Å²) in [4.78, 5) is 13.4. The van der Waals surface area contributed by atoms with Crippen LogP contribution < -0.4 is 4.74 Å². The highest BCUT2D eigenvalue weighted by Gasteiger charge is 2.28. The summed E-state index contributed by atoms with van der Waals surface area (Å²) < 4.78 is 28.4. The normalized spacial score (nSPS) is 17.9. The number of piperidine rings is 1. The molecule has 1 atom stereocenters. The lowest BCUT2D eigenvalue weighted by atomic mass is 10.0. The highest BCUT2D eigenvalue weighted by atomic mass is 19.3. The molecular formula is C14H17F2NO3. The van der Waals surface area contributed by atoms with Gasteiger partial charge in [-0.05, 0) is 43.6 Å². The number of carboxylic acids is 1. The molecule has 6 heteroatoms. The molecule has 1 aliphatic heterocycles. The molecule has 2 rings (SSSR count). The second-order valence-corrected chi connectivity index (χ2v) is 4.78. The van der Waals surface area contributed by atoms with Crippen LogP contribution in [0.5, 0.6) is 5.75 Å². The van der Waals surface area contributed by atoms with Gasteiger partial charge in [-0.3, -0.25) is 9.69 Å². The van der Waals surface area contributed by atoms with Crippen LogP contribution in [0.2, 0.25) is 0 Å². The minimum atomic E-state index is -2.88. The summed E-state index contributed by atoms with van der Waals surface area (Å²) in [7, 11) is 0. The number of carbonyl (C=O) groups is 1. The van der Waals surface area contributed by atoms with E-state index in [0.717, 1.165) is 32.4 Å². The lowest BCUT2D eigenvalue weighted by Gasteiger charge is -2.32. The van der Waals surface area contributed by atoms with Crippen molar-refractivity contribution in [1.82, 2.24) is 4.90 Å². The first-order valence-corrected chi connectivity index (χ1v) is 6.59. The van der Waals surface area contributed by atoms with Crippen LogP contribution in [0, 0.1) is 0 Å². The summed E-state index contributed by atoms with van der Waals surface area (Å²) >= 11 is 0. The van der Waals surface area contributed by atoms with E-state index >= 15 is 0 Å². The fraction of sp³-hybridized carbons (Fsp3) is 0.500. The van der Waals surface area contributed by atoms with Crippen LogP contribution in [-0.2, 0) is 4.79 Å². The first-order valence-electron chi connectivity index (χ1n) is 6.59. The average Bonchev–Trinajstić information content (AvgIpc) is 2.41. The van der Waals surface area contributed by atoms with Crippen molar-refractivity contribution in [1.29, 1.82) is 0 Å². The third-order valence-corrected chi connectivity index (χ3v) is 3.41. The minimum absolute atomic E-state index is 0.0338. The van der Waals surface area contributed by atoms with Gasteiger partial charge in [0.1, 0.15) is 11.8 Å². The second kappa shape index (κ2) is 6.65. The van der Waals surface area contributed by atoms with Crippen molar-refractivity contribution in [2.24, 2.45) is 0 Å². The summed E-state index contributed by atoms with van der Waals surface area (Å²) in [6.07, 6.45) is 3.08. The van der Waals surface area contributed by atoms with E-state index < -0.39 is 18.6 Å². The number of benzene rings is 1. The van der Waals surface area contributed by atoms with E-state index in [1.54, 1.807) is 0 Å². The number of rotatable bonds is 5.